The van der Waals surface area contributed by atoms with Crippen molar-refractivity contribution in [2.24, 2.45) is 0 Å². The van der Waals surface area contributed by atoms with Crippen molar-refractivity contribution in [2.45, 2.75) is 11.7 Å². The van der Waals surface area contributed by atoms with Gasteiger partial charge in [-0.05, 0) is 12.0 Å². The maximum absolute atomic E-state index is 12.3. The third-order valence-electron chi connectivity index (χ3n) is 3.79. The predicted molar refractivity (Wildman–Crippen MR) is 90.3 cm³/mol. The highest BCUT2D eigenvalue weighted by Crippen LogP contribution is 2.34. The summed E-state index contributed by atoms with van der Waals surface area (Å²) in [6, 6.07) is 10.3. The van der Waals surface area contributed by atoms with Crippen LogP contribution in [-0.4, -0.2) is 62.2 Å². The van der Waals surface area contributed by atoms with Crippen molar-refractivity contribution in [3.8, 4) is 0 Å². The summed E-state index contributed by atoms with van der Waals surface area (Å²) in [5.41, 5.74) is 1.29. The third-order valence-corrected chi connectivity index (χ3v) is 6.38. The first-order valence-electron chi connectivity index (χ1n) is 7.23. The van der Waals surface area contributed by atoms with Crippen LogP contribution in [0.3, 0.4) is 0 Å². The summed E-state index contributed by atoms with van der Waals surface area (Å²) in [7, 11) is -1.88. The molecule has 1 aliphatic heterocycles. The number of carbonyl (C=O) groups excluding carboxylic acids is 1. The molecule has 1 saturated heterocycles. The lowest BCUT2D eigenvalue weighted by Crippen LogP contribution is -2.41. The first kappa shape index (κ1) is 17.3. The molecule has 0 saturated carbocycles. The molecule has 0 aliphatic carbocycles. The topological polar surface area (TPSA) is 57.7 Å². The summed E-state index contributed by atoms with van der Waals surface area (Å²) >= 11 is 1.86. The summed E-state index contributed by atoms with van der Waals surface area (Å²) in [6.07, 6.45) is 2.01. The second kappa shape index (κ2) is 7.48. The standard InChI is InChI=1S/C15H22N2O3S2/c1-16(22(2,19)20)12-15(18)17-9-8-14(21-11-10-17)13-6-4-3-5-7-13/h3-7,14H,8-12H2,1-2H3. The molecular formula is C15H22N2O3S2. The minimum Gasteiger partial charge on any atom is -0.341 e. The van der Waals surface area contributed by atoms with E-state index in [4.69, 9.17) is 0 Å². The fourth-order valence-electron chi connectivity index (χ4n) is 2.36. The molecule has 1 fully saturated rings. The quantitative estimate of drug-likeness (QED) is 0.834. The van der Waals surface area contributed by atoms with E-state index in [2.05, 4.69) is 12.1 Å². The van der Waals surface area contributed by atoms with E-state index in [1.165, 1.54) is 12.6 Å². The fourth-order valence-corrected chi connectivity index (χ4v) is 3.94. The Morgan fingerprint density at radius 3 is 2.64 bits per heavy atom. The van der Waals surface area contributed by atoms with E-state index in [0.29, 0.717) is 18.3 Å². The Balaban J connectivity index is 1.94. The van der Waals surface area contributed by atoms with Crippen LogP contribution in [0.4, 0.5) is 0 Å². The van der Waals surface area contributed by atoms with Crippen LogP contribution in [0.1, 0.15) is 17.2 Å². The van der Waals surface area contributed by atoms with Gasteiger partial charge in [0.1, 0.15) is 0 Å². The first-order chi connectivity index (χ1) is 10.4. The zero-order valence-corrected chi connectivity index (χ0v) is 14.6. The Hall–Kier alpha value is -1.05. The lowest BCUT2D eigenvalue weighted by Gasteiger charge is -2.23. The zero-order chi connectivity index (χ0) is 16.2. The third kappa shape index (κ3) is 4.72. The largest absolute Gasteiger partial charge is 0.341 e. The van der Waals surface area contributed by atoms with Crippen molar-refractivity contribution in [3.63, 3.8) is 0 Å². The number of likely N-dealkylation sites (N-methyl/N-ethyl adjacent to an activating group) is 1. The molecule has 0 radical (unpaired) electrons. The number of hydrogen-bond acceptors (Lipinski definition) is 4. The van der Waals surface area contributed by atoms with E-state index in [1.807, 2.05) is 30.0 Å². The predicted octanol–water partition coefficient (Wildman–Crippen LogP) is 1.58. The van der Waals surface area contributed by atoms with Gasteiger partial charge in [0.25, 0.3) is 0 Å². The summed E-state index contributed by atoms with van der Waals surface area (Å²) in [6.45, 7) is 1.26. The number of amides is 1. The molecule has 1 aromatic carbocycles. The Labute approximate surface area is 136 Å². The number of sulfonamides is 1. The molecule has 1 aromatic rings. The van der Waals surface area contributed by atoms with Crippen molar-refractivity contribution in [3.05, 3.63) is 35.9 Å². The molecule has 5 nitrogen and oxygen atoms in total. The molecule has 7 heteroatoms. The highest BCUT2D eigenvalue weighted by atomic mass is 32.2. The lowest BCUT2D eigenvalue weighted by molar-refractivity contribution is -0.130. The van der Waals surface area contributed by atoms with Gasteiger partial charge in [0.05, 0.1) is 12.8 Å². The first-order valence-corrected chi connectivity index (χ1v) is 10.1. The molecule has 22 heavy (non-hydrogen) atoms. The van der Waals surface area contributed by atoms with Crippen LogP contribution in [0, 0.1) is 0 Å². The number of carbonyl (C=O) groups is 1. The Kier molecular flexibility index (Phi) is 5.88. The zero-order valence-electron chi connectivity index (χ0n) is 12.9. The molecule has 2 rings (SSSR count). The van der Waals surface area contributed by atoms with Crippen molar-refractivity contribution in [2.75, 3.05) is 38.7 Å². The highest BCUT2D eigenvalue weighted by molar-refractivity contribution is 7.99. The Morgan fingerprint density at radius 1 is 1.32 bits per heavy atom. The van der Waals surface area contributed by atoms with E-state index in [1.54, 1.807) is 4.90 Å². The van der Waals surface area contributed by atoms with Gasteiger partial charge in [-0.1, -0.05) is 30.3 Å². The lowest BCUT2D eigenvalue weighted by atomic mass is 10.1. The molecule has 0 spiro atoms. The highest BCUT2D eigenvalue weighted by Gasteiger charge is 2.24. The van der Waals surface area contributed by atoms with Gasteiger partial charge in [-0.25, -0.2) is 8.42 Å². The molecule has 0 bridgehead atoms. The minimum atomic E-state index is -3.32. The van der Waals surface area contributed by atoms with Crippen molar-refractivity contribution >= 4 is 27.7 Å². The van der Waals surface area contributed by atoms with Gasteiger partial charge in [0.2, 0.25) is 15.9 Å². The maximum atomic E-state index is 12.3. The number of nitrogens with zero attached hydrogens (tertiary/aromatic N) is 2. The van der Waals surface area contributed by atoms with Crippen LogP contribution in [0.2, 0.25) is 0 Å². The van der Waals surface area contributed by atoms with E-state index in [0.717, 1.165) is 22.7 Å². The molecule has 1 unspecified atom stereocenters. The monoisotopic (exact) mass is 342 g/mol. The number of benzene rings is 1. The molecule has 122 valence electrons. The van der Waals surface area contributed by atoms with E-state index < -0.39 is 10.0 Å². The molecule has 1 heterocycles. The summed E-state index contributed by atoms with van der Waals surface area (Å²) < 4.78 is 23.9. The second-order valence-electron chi connectivity index (χ2n) is 5.46. The van der Waals surface area contributed by atoms with E-state index in [9.17, 15) is 13.2 Å². The molecule has 0 aromatic heterocycles. The van der Waals surface area contributed by atoms with Crippen molar-refractivity contribution in [1.82, 2.24) is 9.21 Å². The van der Waals surface area contributed by atoms with Crippen molar-refractivity contribution < 1.29 is 13.2 Å². The van der Waals surface area contributed by atoms with Crippen LogP contribution in [-0.2, 0) is 14.8 Å². The van der Waals surface area contributed by atoms with Gasteiger partial charge in [-0.2, -0.15) is 16.1 Å². The maximum Gasteiger partial charge on any atom is 0.237 e. The van der Waals surface area contributed by atoms with E-state index in [-0.39, 0.29) is 12.5 Å². The number of thioether (sulfide) groups is 1. The smallest absolute Gasteiger partial charge is 0.237 e. The van der Waals surface area contributed by atoms with Gasteiger partial charge in [0.15, 0.2) is 0 Å². The SMILES string of the molecule is CN(CC(=O)N1CCSC(c2ccccc2)CC1)S(C)(=O)=O. The normalized spacial score (nSPS) is 20.0. The minimum absolute atomic E-state index is 0.0838. The number of rotatable bonds is 4. The fraction of sp³-hybridized carbons (Fsp3) is 0.533. The molecule has 1 amide bonds. The molecule has 0 N–H and O–H groups in total. The van der Waals surface area contributed by atoms with Crippen LogP contribution in [0.25, 0.3) is 0 Å². The van der Waals surface area contributed by atoms with Gasteiger partial charge < -0.3 is 4.90 Å². The van der Waals surface area contributed by atoms with Gasteiger partial charge in [-0.3, -0.25) is 4.79 Å². The van der Waals surface area contributed by atoms with Crippen LogP contribution < -0.4 is 0 Å². The van der Waals surface area contributed by atoms with Crippen LogP contribution in [0.15, 0.2) is 30.3 Å². The van der Waals surface area contributed by atoms with E-state index >= 15 is 0 Å². The Bertz CT molecular complexity index is 604. The average molecular weight is 342 g/mol. The van der Waals surface area contributed by atoms with Gasteiger partial charge in [0, 0.05) is 31.1 Å². The second-order valence-corrected chi connectivity index (χ2v) is 8.86. The summed E-state index contributed by atoms with van der Waals surface area (Å²) in [5, 5.41) is 0.395. The van der Waals surface area contributed by atoms with Crippen LogP contribution >= 0.6 is 11.8 Å². The van der Waals surface area contributed by atoms with Gasteiger partial charge >= 0.3 is 0 Å². The summed E-state index contributed by atoms with van der Waals surface area (Å²) in [5.74, 6) is 0.746. The molecule has 1 atom stereocenters. The molecule has 1 aliphatic rings. The number of hydrogen-bond donors (Lipinski definition) is 0. The summed E-state index contributed by atoms with van der Waals surface area (Å²) in [4.78, 5) is 14.0. The van der Waals surface area contributed by atoms with Gasteiger partial charge in [-0.15, -0.1) is 0 Å². The Morgan fingerprint density at radius 2 is 2.00 bits per heavy atom. The van der Waals surface area contributed by atoms with Crippen molar-refractivity contribution in [1.29, 1.82) is 0 Å². The average Bonchev–Trinajstić information content (AvgIpc) is 2.73. The van der Waals surface area contributed by atoms with Crippen LogP contribution in [0.5, 0.6) is 0 Å². The molecular weight excluding hydrogens is 320 g/mol.